The Kier molecular flexibility index (Phi) is 4.46. The molecule has 2 aromatic carbocycles. The Bertz CT molecular complexity index is 998. The molecule has 3 rings (SSSR count). The van der Waals surface area contributed by atoms with Gasteiger partial charge in [0.05, 0.1) is 22.7 Å². The predicted molar refractivity (Wildman–Crippen MR) is 93.5 cm³/mol. The van der Waals surface area contributed by atoms with Gasteiger partial charge in [-0.25, -0.2) is 4.79 Å². The molecule has 0 fully saturated rings. The molecule has 1 aromatic heterocycles. The van der Waals surface area contributed by atoms with Gasteiger partial charge >= 0.3 is 5.63 Å². The summed E-state index contributed by atoms with van der Waals surface area (Å²) < 4.78 is 10.2. The van der Waals surface area contributed by atoms with Gasteiger partial charge in [0, 0.05) is 23.2 Å². The molecule has 24 heavy (non-hydrogen) atoms. The van der Waals surface area contributed by atoms with Gasteiger partial charge in [0.1, 0.15) is 11.3 Å². The van der Waals surface area contributed by atoms with Crippen LogP contribution in [0.25, 0.3) is 11.0 Å². The summed E-state index contributed by atoms with van der Waals surface area (Å²) in [4.78, 5) is 24.3. The van der Waals surface area contributed by atoms with Crippen molar-refractivity contribution >= 4 is 45.8 Å². The summed E-state index contributed by atoms with van der Waals surface area (Å²) in [5, 5.41) is 3.87. The fraction of sp³-hybridized carbons (Fsp3) is 0.0588. The number of anilines is 1. The molecule has 122 valence electrons. The van der Waals surface area contributed by atoms with Gasteiger partial charge in [0.15, 0.2) is 0 Å². The fourth-order valence-electron chi connectivity index (χ4n) is 2.23. The van der Waals surface area contributed by atoms with Crippen LogP contribution in [-0.4, -0.2) is 13.0 Å². The highest BCUT2D eigenvalue weighted by molar-refractivity contribution is 6.42. The first kappa shape index (κ1) is 16.4. The van der Waals surface area contributed by atoms with Crippen molar-refractivity contribution in [1.29, 1.82) is 0 Å². The van der Waals surface area contributed by atoms with Crippen LogP contribution in [0.4, 0.5) is 5.69 Å². The maximum atomic E-state index is 12.5. The Morgan fingerprint density at radius 2 is 1.88 bits per heavy atom. The summed E-state index contributed by atoms with van der Waals surface area (Å²) in [6.07, 6.45) is 0. The zero-order chi connectivity index (χ0) is 17.3. The van der Waals surface area contributed by atoms with Crippen molar-refractivity contribution in [2.75, 3.05) is 12.4 Å². The molecule has 0 atom stereocenters. The first-order valence-corrected chi connectivity index (χ1v) is 7.62. The average molecular weight is 364 g/mol. The van der Waals surface area contributed by atoms with Crippen LogP contribution in [0, 0.1) is 0 Å². The normalized spacial score (nSPS) is 10.6. The van der Waals surface area contributed by atoms with Crippen molar-refractivity contribution in [1.82, 2.24) is 0 Å². The summed E-state index contributed by atoms with van der Waals surface area (Å²) in [5.74, 6) is 0.0594. The minimum Gasteiger partial charge on any atom is -0.497 e. The standard InChI is InChI=1S/C17H11Cl2NO4/c1-23-10-3-4-11-12(8-16(21)24-15(11)7-10)17(22)20-9-2-5-13(18)14(19)6-9/h2-8H,1H3,(H,20,22). The molecule has 0 spiro atoms. The number of rotatable bonds is 3. The van der Waals surface area contributed by atoms with Crippen LogP contribution in [0.5, 0.6) is 5.75 Å². The molecule has 0 aliphatic heterocycles. The van der Waals surface area contributed by atoms with E-state index in [0.29, 0.717) is 26.9 Å². The van der Waals surface area contributed by atoms with Crippen molar-refractivity contribution in [2.24, 2.45) is 0 Å². The lowest BCUT2D eigenvalue weighted by atomic mass is 10.1. The maximum Gasteiger partial charge on any atom is 0.337 e. The second kappa shape index (κ2) is 6.55. The first-order chi connectivity index (χ1) is 11.5. The minimum absolute atomic E-state index is 0.190. The number of fused-ring (bicyclic) bond motifs is 1. The molecule has 5 nitrogen and oxygen atoms in total. The lowest BCUT2D eigenvalue weighted by Crippen LogP contribution is -2.15. The number of carbonyl (C=O) groups excluding carboxylic acids is 1. The third-order valence-electron chi connectivity index (χ3n) is 3.37. The molecule has 0 aliphatic rings. The van der Waals surface area contributed by atoms with Gasteiger partial charge in [0.2, 0.25) is 0 Å². The van der Waals surface area contributed by atoms with E-state index >= 15 is 0 Å². The van der Waals surface area contributed by atoms with Crippen molar-refractivity contribution < 1.29 is 13.9 Å². The molecule has 3 aromatic rings. The van der Waals surface area contributed by atoms with E-state index in [0.717, 1.165) is 6.07 Å². The molecule has 1 N–H and O–H groups in total. The largest absolute Gasteiger partial charge is 0.497 e. The number of hydrogen-bond acceptors (Lipinski definition) is 4. The number of nitrogens with one attached hydrogen (secondary N) is 1. The molecule has 0 aliphatic carbocycles. The molecule has 0 saturated carbocycles. The van der Waals surface area contributed by atoms with E-state index in [-0.39, 0.29) is 11.1 Å². The van der Waals surface area contributed by atoms with E-state index in [9.17, 15) is 9.59 Å². The maximum absolute atomic E-state index is 12.5. The van der Waals surface area contributed by atoms with Gasteiger partial charge in [0.25, 0.3) is 5.91 Å². The number of methoxy groups -OCH3 is 1. The lowest BCUT2D eigenvalue weighted by Gasteiger charge is -2.09. The van der Waals surface area contributed by atoms with Crippen molar-refractivity contribution in [3.63, 3.8) is 0 Å². The van der Waals surface area contributed by atoms with Gasteiger partial charge in [-0.3, -0.25) is 4.79 Å². The number of halogens is 2. The molecular formula is C17H11Cl2NO4. The van der Waals surface area contributed by atoms with Crippen LogP contribution >= 0.6 is 23.2 Å². The molecule has 1 amide bonds. The predicted octanol–water partition coefficient (Wildman–Crippen LogP) is 4.36. The van der Waals surface area contributed by atoms with Crippen LogP contribution in [-0.2, 0) is 0 Å². The number of hydrogen-bond donors (Lipinski definition) is 1. The molecule has 0 unspecified atom stereocenters. The zero-order valence-corrected chi connectivity index (χ0v) is 13.9. The monoisotopic (exact) mass is 363 g/mol. The van der Waals surface area contributed by atoms with E-state index in [4.69, 9.17) is 32.4 Å². The van der Waals surface area contributed by atoms with Crippen molar-refractivity contribution in [3.05, 3.63) is 68.5 Å². The third kappa shape index (κ3) is 3.22. The minimum atomic E-state index is -0.630. The van der Waals surface area contributed by atoms with E-state index in [1.807, 2.05) is 0 Å². The van der Waals surface area contributed by atoms with Crippen LogP contribution in [0.2, 0.25) is 10.0 Å². The summed E-state index contributed by atoms with van der Waals surface area (Å²) >= 11 is 11.8. The molecule has 0 radical (unpaired) electrons. The Morgan fingerprint density at radius 3 is 2.58 bits per heavy atom. The molecular weight excluding hydrogens is 353 g/mol. The highest BCUT2D eigenvalue weighted by Crippen LogP contribution is 2.26. The lowest BCUT2D eigenvalue weighted by molar-refractivity contribution is 0.102. The Morgan fingerprint density at radius 1 is 1.08 bits per heavy atom. The number of amides is 1. The van der Waals surface area contributed by atoms with E-state index in [2.05, 4.69) is 5.32 Å². The number of benzene rings is 2. The Labute approximate surface area is 146 Å². The smallest absolute Gasteiger partial charge is 0.337 e. The average Bonchev–Trinajstić information content (AvgIpc) is 2.56. The van der Waals surface area contributed by atoms with Gasteiger partial charge in [-0.05, 0) is 30.3 Å². The summed E-state index contributed by atoms with van der Waals surface area (Å²) in [7, 11) is 1.50. The van der Waals surface area contributed by atoms with E-state index in [1.165, 1.54) is 13.2 Å². The number of carbonyl (C=O) groups is 1. The number of ether oxygens (including phenoxy) is 1. The topological polar surface area (TPSA) is 68.5 Å². The van der Waals surface area contributed by atoms with Gasteiger partial charge < -0.3 is 14.5 Å². The Balaban J connectivity index is 2.02. The second-order valence-electron chi connectivity index (χ2n) is 4.92. The van der Waals surface area contributed by atoms with Crippen molar-refractivity contribution in [3.8, 4) is 5.75 Å². The zero-order valence-electron chi connectivity index (χ0n) is 12.4. The molecule has 1 heterocycles. The van der Waals surface area contributed by atoms with Gasteiger partial charge in [-0.15, -0.1) is 0 Å². The van der Waals surface area contributed by atoms with E-state index in [1.54, 1.807) is 30.3 Å². The van der Waals surface area contributed by atoms with Gasteiger partial charge in [-0.2, -0.15) is 0 Å². The molecule has 0 bridgehead atoms. The van der Waals surface area contributed by atoms with E-state index < -0.39 is 11.5 Å². The fourth-order valence-corrected chi connectivity index (χ4v) is 2.53. The first-order valence-electron chi connectivity index (χ1n) is 6.86. The summed E-state index contributed by atoms with van der Waals surface area (Å²) in [6.45, 7) is 0. The molecule has 0 saturated heterocycles. The summed E-state index contributed by atoms with van der Waals surface area (Å²) in [5.41, 5.74) is 0.287. The van der Waals surface area contributed by atoms with Gasteiger partial charge in [-0.1, -0.05) is 23.2 Å². The second-order valence-corrected chi connectivity index (χ2v) is 5.74. The van der Waals surface area contributed by atoms with Crippen LogP contribution < -0.4 is 15.7 Å². The van der Waals surface area contributed by atoms with Crippen LogP contribution in [0.1, 0.15) is 10.4 Å². The highest BCUT2D eigenvalue weighted by atomic mass is 35.5. The highest BCUT2D eigenvalue weighted by Gasteiger charge is 2.14. The van der Waals surface area contributed by atoms with Crippen LogP contribution in [0.3, 0.4) is 0 Å². The Hall–Kier alpha value is -2.50. The molecule has 7 heteroatoms. The van der Waals surface area contributed by atoms with Crippen LogP contribution in [0.15, 0.2) is 51.7 Å². The SMILES string of the molecule is COc1ccc2c(C(=O)Nc3ccc(Cl)c(Cl)c3)cc(=O)oc2c1. The van der Waals surface area contributed by atoms with Crippen molar-refractivity contribution in [2.45, 2.75) is 0 Å². The third-order valence-corrected chi connectivity index (χ3v) is 4.11. The summed E-state index contributed by atoms with van der Waals surface area (Å²) in [6, 6.07) is 10.7. The quantitative estimate of drug-likeness (QED) is 0.701.